The van der Waals surface area contributed by atoms with E-state index < -0.39 is 0 Å². The topological polar surface area (TPSA) is 29.3 Å². The standard InChI is InChI=1S/C11H16Cl2N2/c1-2-7-15(8-6-14)10-5-3-4-9(12)11(10)13/h3-5H,2,6-8,14H2,1H3. The molecule has 0 aliphatic carbocycles. The van der Waals surface area contributed by atoms with E-state index in [0.29, 0.717) is 16.6 Å². The molecule has 0 bridgehead atoms. The zero-order chi connectivity index (χ0) is 11.3. The Kier molecular flexibility index (Phi) is 5.23. The van der Waals surface area contributed by atoms with Gasteiger partial charge in [-0.05, 0) is 18.6 Å². The summed E-state index contributed by atoms with van der Waals surface area (Å²) in [6.45, 7) is 4.48. The average Bonchev–Trinajstić information content (AvgIpc) is 2.22. The van der Waals surface area contributed by atoms with Crippen LogP contribution in [0.5, 0.6) is 0 Å². The molecule has 0 aliphatic rings. The number of benzene rings is 1. The van der Waals surface area contributed by atoms with Gasteiger partial charge in [-0.25, -0.2) is 0 Å². The minimum absolute atomic E-state index is 0.590. The third-order valence-corrected chi connectivity index (χ3v) is 2.97. The second kappa shape index (κ2) is 6.21. The molecule has 2 N–H and O–H groups in total. The zero-order valence-corrected chi connectivity index (χ0v) is 10.4. The van der Waals surface area contributed by atoms with E-state index in [4.69, 9.17) is 28.9 Å². The summed E-state index contributed by atoms with van der Waals surface area (Å²) < 4.78 is 0. The highest BCUT2D eigenvalue weighted by molar-refractivity contribution is 6.43. The Hall–Kier alpha value is -0.440. The molecule has 1 rings (SSSR count). The van der Waals surface area contributed by atoms with Gasteiger partial charge in [-0.15, -0.1) is 0 Å². The summed E-state index contributed by atoms with van der Waals surface area (Å²) in [5.41, 5.74) is 6.54. The lowest BCUT2D eigenvalue weighted by Crippen LogP contribution is -2.30. The van der Waals surface area contributed by atoms with Crippen LogP contribution in [0.1, 0.15) is 13.3 Å². The van der Waals surface area contributed by atoms with Crippen molar-refractivity contribution in [3.63, 3.8) is 0 Å². The molecule has 0 fully saturated rings. The summed E-state index contributed by atoms with van der Waals surface area (Å²) in [4.78, 5) is 2.16. The molecule has 0 atom stereocenters. The van der Waals surface area contributed by atoms with Crippen molar-refractivity contribution in [2.24, 2.45) is 5.73 Å². The van der Waals surface area contributed by atoms with E-state index in [-0.39, 0.29) is 0 Å². The van der Waals surface area contributed by atoms with Crippen LogP contribution in [0.25, 0.3) is 0 Å². The van der Waals surface area contributed by atoms with Crippen molar-refractivity contribution in [2.75, 3.05) is 24.5 Å². The van der Waals surface area contributed by atoms with Gasteiger partial charge >= 0.3 is 0 Å². The predicted molar refractivity (Wildman–Crippen MR) is 68.0 cm³/mol. The van der Waals surface area contributed by atoms with E-state index in [1.165, 1.54) is 0 Å². The smallest absolute Gasteiger partial charge is 0.0825 e. The lowest BCUT2D eigenvalue weighted by Gasteiger charge is -2.24. The molecule has 0 radical (unpaired) electrons. The van der Waals surface area contributed by atoms with E-state index in [2.05, 4.69) is 11.8 Å². The quantitative estimate of drug-likeness (QED) is 0.865. The van der Waals surface area contributed by atoms with Crippen molar-refractivity contribution in [1.29, 1.82) is 0 Å². The van der Waals surface area contributed by atoms with E-state index in [0.717, 1.165) is 25.2 Å². The minimum atomic E-state index is 0.590. The molecule has 0 heterocycles. The molecular weight excluding hydrogens is 231 g/mol. The average molecular weight is 247 g/mol. The van der Waals surface area contributed by atoms with Gasteiger partial charge in [-0.3, -0.25) is 0 Å². The van der Waals surface area contributed by atoms with E-state index in [1.54, 1.807) is 6.07 Å². The Labute approximate surface area is 101 Å². The molecule has 0 amide bonds. The number of anilines is 1. The molecule has 2 nitrogen and oxygen atoms in total. The molecule has 4 heteroatoms. The van der Waals surface area contributed by atoms with Crippen LogP contribution in [0, 0.1) is 0 Å². The summed E-state index contributed by atoms with van der Waals surface area (Å²) in [5.74, 6) is 0. The van der Waals surface area contributed by atoms with Crippen LogP contribution in [-0.4, -0.2) is 19.6 Å². The van der Waals surface area contributed by atoms with Crippen molar-refractivity contribution in [2.45, 2.75) is 13.3 Å². The van der Waals surface area contributed by atoms with E-state index >= 15 is 0 Å². The molecule has 0 aliphatic heterocycles. The fourth-order valence-electron chi connectivity index (χ4n) is 1.52. The van der Waals surface area contributed by atoms with Crippen LogP contribution < -0.4 is 10.6 Å². The second-order valence-corrected chi connectivity index (χ2v) is 4.13. The Morgan fingerprint density at radius 3 is 2.60 bits per heavy atom. The lowest BCUT2D eigenvalue weighted by atomic mass is 10.2. The molecular formula is C11H16Cl2N2. The number of rotatable bonds is 5. The monoisotopic (exact) mass is 246 g/mol. The highest BCUT2D eigenvalue weighted by atomic mass is 35.5. The van der Waals surface area contributed by atoms with Gasteiger partial charge < -0.3 is 10.6 Å². The number of hydrogen-bond acceptors (Lipinski definition) is 2. The summed E-state index contributed by atoms with van der Waals surface area (Å²) in [6.07, 6.45) is 1.06. The normalized spacial score (nSPS) is 10.4. The van der Waals surface area contributed by atoms with Crippen molar-refractivity contribution in [3.05, 3.63) is 28.2 Å². The molecule has 1 aromatic carbocycles. The minimum Gasteiger partial charge on any atom is -0.369 e. The van der Waals surface area contributed by atoms with Gasteiger partial charge in [0.15, 0.2) is 0 Å². The van der Waals surface area contributed by atoms with Crippen LogP contribution in [0.4, 0.5) is 5.69 Å². The SMILES string of the molecule is CCCN(CCN)c1cccc(Cl)c1Cl. The molecule has 84 valence electrons. The van der Waals surface area contributed by atoms with Crippen LogP contribution in [0.2, 0.25) is 10.0 Å². The van der Waals surface area contributed by atoms with Gasteiger partial charge in [0, 0.05) is 19.6 Å². The largest absolute Gasteiger partial charge is 0.369 e. The molecule has 0 saturated heterocycles. The maximum absolute atomic E-state index is 6.15. The highest BCUT2D eigenvalue weighted by Gasteiger charge is 2.10. The van der Waals surface area contributed by atoms with Crippen LogP contribution in [0.15, 0.2) is 18.2 Å². The first-order valence-electron chi connectivity index (χ1n) is 5.09. The molecule has 1 aromatic rings. The number of halogens is 2. The first-order chi connectivity index (χ1) is 7.20. The third-order valence-electron chi connectivity index (χ3n) is 2.16. The summed E-state index contributed by atoms with van der Waals surface area (Å²) >= 11 is 12.1. The Bertz CT molecular complexity index is 309. The predicted octanol–water partition coefficient (Wildman–Crippen LogP) is 3.17. The first kappa shape index (κ1) is 12.6. The number of nitrogens with zero attached hydrogens (tertiary/aromatic N) is 1. The number of hydrogen-bond donors (Lipinski definition) is 1. The Morgan fingerprint density at radius 2 is 2.00 bits per heavy atom. The Morgan fingerprint density at radius 1 is 1.27 bits per heavy atom. The van der Waals surface area contributed by atoms with Crippen LogP contribution >= 0.6 is 23.2 Å². The van der Waals surface area contributed by atoms with Crippen LogP contribution in [0.3, 0.4) is 0 Å². The first-order valence-corrected chi connectivity index (χ1v) is 5.85. The summed E-state index contributed by atoms with van der Waals surface area (Å²) in [7, 11) is 0. The zero-order valence-electron chi connectivity index (χ0n) is 8.84. The van der Waals surface area contributed by atoms with E-state index in [9.17, 15) is 0 Å². The molecule has 0 aromatic heterocycles. The molecule has 0 saturated carbocycles. The second-order valence-electron chi connectivity index (χ2n) is 3.35. The maximum atomic E-state index is 6.15. The fourth-order valence-corrected chi connectivity index (χ4v) is 1.93. The third kappa shape index (κ3) is 3.26. The van der Waals surface area contributed by atoms with E-state index in [1.807, 2.05) is 12.1 Å². The summed E-state index contributed by atoms with van der Waals surface area (Å²) in [6, 6.07) is 5.67. The van der Waals surface area contributed by atoms with Gasteiger partial charge in [0.05, 0.1) is 15.7 Å². The van der Waals surface area contributed by atoms with Crippen molar-refractivity contribution in [1.82, 2.24) is 0 Å². The lowest BCUT2D eigenvalue weighted by molar-refractivity contribution is 0.763. The van der Waals surface area contributed by atoms with Gasteiger partial charge in [0.2, 0.25) is 0 Å². The van der Waals surface area contributed by atoms with Crippen molar-refractivity contribution < 1.29 is 0 Å². The van der Waals surface area contributed by atoms with Crippen LogP contribution in [-0.2, 0) is 0 Å². The van der Waals surface area contributed by atoms with Crippen molar-refractivity contribution in [3.8, 4) is 0 Å². The molecule has 0 spiro atoms. The molecule has 15 heavy (non-hydrogen) atoms. The van der Waals surface area contributed by atoms with Gasteiger partial charge in [-0.2, -0.15) is 0 Å². The fraction of sp³-hybridized carbons (Fsp3) is 0.455. The molecule has 0 unspecified atom stereocenters. The summed E-state index contributed by atoms with van der Waals surface area (Å²) in [5, 5.41) is 1.20. The highest BCUT2D eigenvalue weighted by Crippen LogP contribution is 2.32. The van der Waals surface area contributed by atoms with Gasteiger partial charge in [0.1, 0.15) is 0 Å². The van der Waals surface area contributed by atoms with Gasteiger partial charge in [0.25, 0.3) is 0 Å². The number of nitrogens with two attached hydrogens (primary N) is 1. The Balaban J connectivity index is 2.94. The maximum Gasteiger partial charge on any atom is 0.0825 e. The van der Waals surface area contributed by atoms with Gasteiger partial charge in [-0.1, -0.05) is 36.2 Å². The van der Waals surface area contributed by atoms with Crippen molar-refractivity contribution >= 4 is 28.9 Å².